The average molecular weight is 272 g/mol. The molecule has 3 unspecified atom stereocenters. The van der Waals surface area contributed by atoms with Gasteiger partial charge in [0.15, 0.2) is 0 Å². The summed E-state index contributed by atoms with van der Waals surface area (Å²) in [6.45, 7) is 4.44. The molecule has 1 aliphatic carbocycles. The highest BCUT2D eigenvalue weighted by Gasteiger charge is 2.35. The monoisotopic (exact) mass is 272 g/mol. The number of carbonyl (C=O) groups excluding carboxylic acids is 2. The zero-order valence-corrected chi connectivity index (χ0v) is 11.9. The van der Waals surface area contributed by atoms with Gasteiger partial charge in [0.2, 0.25) is 11.8 Å². The zero-order chi connectivity index (χ0) is 14.3. The van der Waals surface area contributed by atoms with Crippen LogP contribution in [0.2, 0.25) is 0 Å². The van der Waals surface area contributed by atoms with E-state index in [4.69, 9.17) is 0 Å². The number of rotatable bonds is 2. The van der Waals surface area contributed by atoms with Crippen LogP contribution in [-0.4, -0.2) is 35.3 Å². The fraction of sp³-hybridized carbons (Fsp3) is 0.500. The Morgan fingerprint density at radius 3 is 2.70 bits per heavy atom. The van der Waals surface area contributed by atoms with Crippen molar-refractivity contribution >= 4 is 11.8 Å². The van der Waals surface area contributed by atoms with Crippen molar-refractivity contribution < 1.29 is 9.59 Å². The van der Waals surface area contributed by atoms with Crippen LogP contribution in [0.4, 0.5) is 0 Å². The zero-order valence-electron chi connectivity index (χ0n) is 11.9. The fourth-order valence-electron chi connectivity index (χ4n) is 3.24. The van der Waals surface area contributed by atoms with Gasteiger partial charge in [-0.05, 0) is 31.4 Å². The molecule has 4 nitrogen and oxygen atoms in total. The van der Waals surface area contributed by atoms with E-state index in [1.807, 2.05) is 17.9 Å². The molecule has 0 radical (unpaired) electrons. The molecule has 1 N–H and O–H groups in total. The fourth-order valence-corrected chi connectivity index (χ4v) is 3.24. The van der Waals surface area contributed by atoms with Crippen molar-refractivity contribution in [3.63, 3.8) is 0 Å². The van der Waals surface area contributed by atoms with Crippen LogP contribution in [0.25, 0.3) is 0 Å². The first-order valence-corrected chi connectivity index (χ1v) is 7.24. The summed E-state index contributed by atoms with van der Waals surface area (Å²) in [4.78, 5) is 26.0. The largest absolute Gasteiger partial charge is 0.345 e. The maximum Gasteiger partial charge on any atom is 0.245 e. The lowest BCUT2D eigenvalue weighted by atomic mass is 9.77. The molecule has 20 heavy (non-hydrogen) atoms. The molecule has 1 fully saturated rings. The van der Waals surface area contributed by atoms with Crippen LogP contribution in [0.15, 0.2) is 24.3 Å². The topological polar surface area (TPSA) is 49.4 Å². The number of hydrogen-bond donors (Lipinski definition) is 1. The molecule has 3 atom stereocenters. The molecule has 2 amide bonds. The molecule has 1 aromatic carbocycles. The van der Waals surface area contributed by atoms with Gasteiger partial charge in [-0.15, -0.1) is 0 Å². The number of hydrogen-bond acceptors (Lipinski definition) is 2. The van der Waals surface area contributed by atoms with Gasteiger partial charge in [0.05, 0.1) is 0 Å². The number of nitrogens with one attached hydrogen (secondary N) is 1. The molecule has 4 heteroatoms. The van der Waals surface area contributed by atoms with E-state index in [0.29, 0.717) is 12.3 Å². The van der Waals surface area contributed by atoms with Gasteiger partial charge in [-0.25, -0.2) is 0 Å². The summed E-state index contributed by atoms with van der Waals surface area (Å²) in [5.74, 6) is 0.417. The molecular formula is C16H20N2O2. The Kier molecular flexibility index (Phi) is 3.24. The van der Waals surface area contributed by atoms with E-state index in [9.17, 15) is 9.59 Å². The molecule has 2 aliphatic rings. The van der Waals surface area contributed by atoms with E-state index < -0.39 is 6.04 Å². The van der Waals surface area contributed by atoms with Crippen LogP contribution in [0, 0.1) is 0 Å². The number of carbonyl (C=O) groups is 2. The van der Waals surface area contributed by atoms with E-state index in [1.165, 1.54) is 11.1 Å². The van der Waals surface area contributed by atoms with Gasteiger partial charge in [0, 0.05) is 24.9 Å². The summed E-state index contributed by atoms with van der Waals surface area (Å²) in [5.41, 5.74) is 2.73. The molecule has 3 rings (SSSR count). The third-order valence-corrected chi connectivity index (χ3v) is 4.42. The molecule has 1 saturated heterocycles. The second-order valence-electron chi connectivity index (χ2n) is 5.93. The highest BCUT2D eigenvalue weighted by atomic mass is 16.2. The lowest BCUT2D eigenvalue weighted by molar-refractivity contribution is -0.134. The summed E-state index contributed by atoms with van der Waals surface area (Å²) >= 11 is 0. The quantitative estimate of drug-likeness (QED) is 0.886. The van der Waals surface area contributed by atoms with Gasteiger partial charge >= 0.3 is 0 Å². The van der Waals surface area contributed by atoms with Crippen molar-refractivity contribution in [2.75, 3.05) is 6.54 Å². The molecule has 0 saturated carbocycles. The molecule has 106 valence electrons. The maximum absolute atomic E-state index is 12.4. The molecular weight excluding hydrogens is 252 g/mol. The van der Waals surface area contributed by atoms with Crippen LogP contribution < -0.4 is 5.32 Å². The third kappa shape index (κ3) is 2.19. The van der Waals surface area contributed by atoms with Crippen LogP contribution in [0.5, 0.6) is 0 Å². The molecule has 0 spiro atoms. The van der Waals surface area contributed by atoms with Crippen LogP contribution in [-0.2, 0) is 16.0 Å². The lowest BCUT2D eigenvalue weighted by Gasteiger charge is -2.37. The third-order valence-electron chi connectivity index (χ3n) is 4.42. The normalized spacial score (nSPS) is 29.3. The summed E-state index contributed by atoms with van der Waals surface area (Å²) in [6.07, 6.45) is 1.42. The Balaban J connectivity index is 1.76. The van der Waals surface area contributed by atoms with Crippen molar-refractivity contribution in [3.05, 3.63) is 35.4 Å². The minimum Gasteiger partial charge on any atom is -0.345 e. The summed E-state index contributed by atoms with van der Waals surface area (Å²) < 4.78 is 0. The molecule has 0 aromatic heterocycles. The maximum atomic E-state index is 12.4. The first-order valence-electron chi connectivity index (χ1n) is 7.24. The Labute approximate surface area is 119 Å². The van der Waals surface area contributed by atoms with Crippen LogP contribution in [0.3, 0.4) is 0 Å². The second kappa shape index (κ2) is 4.93. The molecule has 1 heterocycles. The minimum atomic E-state index is -0.414. The van der Waals surface area contributed by atoms with E-state index in [-0.39, 0.29) is 17.9 Å². The number of amides is 2. The van der Waals surface area contributed by atoms with Crippen molar-refractivity contribution in [1.29, 1.82) is 0 Å². The average Bonchev–Trinajstić information content (AvgIpc) is 2.46. The smallest absolute Gasteiger partial charge is 0.245 e. The van der Waals surface area contributed by atoms with Crippen molar-refractivity contribution in [3.8, 4) is 0 Å². The van der Waals surface area contributed by atoms with Gasteiger partial charge in [-0.1, -0.05) is 24.3 Å². The van der Waals surface area contributed by atoms with Gasteiger partial charge in [0.25, 0.3) is 0 Å². The van der Waals surface area contributed by atoms with E-state index in [2.05, 4.69) is 23.5 Å². The first-order chi connectivity index (χ1) is 9.56. The Morgan fingerprint density at radius 2 is 1.95 bits per heavy atom. The van der Waals surface area contributed by atoms with Gasteiger partial charge in [-0.2, -0.15) is 0 Å². The summed E-state index contributed by atoms with van der Waals surface area (Å²) in [5, 5.41) is 2.75. The number of benzene rings is 1. The number of fused-ring (bicyclic) bond motifs is 1. The highest BCUT2D eigenvalue weighted by molar-refractivity contribution is 5.90. The second-order valence-corrected chi connectivity index (χ2v) is 5.93. The predicted octanol–water partition coefficient (Wildman–Crippen LogP) is 1.45. The Hall–Kier alpha value is -1.84. The van der Waals surface area contributed by atoms with Gasteiger partial charge < -0.3 is 10.2 Å². The molecule has 1 aliphatic heterocycles. The first kappa shape index (κ1) is 13.2. The lowest BCUT2D eigenvalue weighted by Crippen LogP contribution is -2.47. The van der Waals surface area contributed by atoms with Crippen molar-refractivity contribution in [2.24, 2.45) is 0 Å². The van der Waals surface area contributed by atoms with E-state index in [1.54, 1.807) is 6.92 Å². The van der Waals surface area contributed by atoms with Crippen molar-refractivity contribution in [2.45, 2.75) is 44.7 Å². The van der Waals surface area contributed by atoms with Crippen LogP contribution in [0.1, 0.15) is 37.3 Å². The minimum absolute atomic E-state index is 0.0276. The molecule has 1 aromatic rings. The van der Waals surface area contributed by atoms with Crippen LogP contribution >= 0.6 is 0 Å². The predicted molar refractivity (Wildman–Crippen MR) is 76.3 cm³/mol. The standard InChI is InChI=1S/C16H20N2O2/c1-10-7-15(19)17-11(2)16(20)18(10)9-13-8-12-5-3-4-6-14(12)13/h3-6,10-11,13H,7-9H2,1-2H3,(H,17,19). The number of nitrogens with zero attached hydrogens (tertiary/aromatic N) is 1. The summed E-state index contributed by atoms with van der Waals surface area (Å²) in [7, 11) is 0. The molecule has 0 bridgehead atoms. The van der Waals surface area contributed by atoms with Crippen molar-refractivity contribution in [1.82, 2.24) is 10.2 Å². The van der Waals surface area contributed by atoms with Gasteiger partial charge in [0.1, 0.15) is 6.04 Å². The highest BCUT2D eigenvalue weighted by Crippen LogP contribution is 2.36. The SMILES string of the molecule is CC1NC(=O)CC(C)N(CC2Cc3ccccc32)C1=O. The Bertz CT molecular complexity index is 555. The Morgan fingerprint density at radius 1 is 1.20 bits per heavy atom. The van der Waals surface area contributed by atoms with E-state index >= 15 is 0 Å². The van der Waals surface area contributed by atoms with Gasteiger partial charge in [-0.3, -0.25) is 9.59 Å². The summed E-state index contributed by atoms with van der Waals surface area (Å²) in [6, 6.07) is 7.95. The van der Waals surface area contributed by atoms with E-state index in [0.717, 1.165) is 13.0 Å².